The van der Waals surface area contributed by atoms with Crippen molar-refractivity contribution in [1.82, 2.24) is 4.98 Å². The quantitative estimate of drug-likeness (QED) is 0.416. The topological polar surface area (TPSA) is 46.3 Å². The second-order valence-electron chi connectivity index (χ2n) is 5.93. The molecule has 7 heteroatoms. The van der Waals surface area contributed by atoms with Gasteiger partial charge in [-0.1, -0.05) is 29.0 Å². The van der Waals surface area contributed by atoms with Crippen LogP contribution in [0.2, 0.25) is 4.34 Å². The Kier molecular flexibility index (Phi) is 4.56. The number of aromatic nitrogens is 1. The number of thiophene rings is 1. The van der Waals surface area contributed by atoms with E-state index in [4.69, 9.17) is 21.0 Å². The molecule has 1 aromatic carbocycles. The Labute approximate surface area is 163 Å². The SMILES string of the molecule is Cc1ccc2sc(N(Cc3ccco3)C(=O)c3ccc(Cl)s3)nc2c1C. The Morgan fingerprint density at radius 3 is 2.73 bits per heavy atom. The van der Waals surface area contributed by atoms with E-state index in [2.05, 4.69) is 26.0 Å². The number of fused-ring (bicyclic) bond motifs is 1. The lowest BCUT2D eigenvalue weighted by molar-refractivity contribution is 0.0987. The van der Waals surface area contributed by atoms with Crippen molar-refractivity contribution in [1.29, 1.82) is 0 Å². The van der Waals surface area contributed by atoms with Gasteiger partial charge in [0.25, 0.3) is 5.91 Å². The smallest absolute Gasteiger partial charge is 0.270 e. The first-order chi connectivity index (χ1) is 12.5. The number of aryl methyl sites for hydroxylation is 2. The van der Waals surface area contributed by atoms with E-state index in [9.17, 15) is 4.79 Å². The number of rotatable bonds is 4. The van der Waals surface area contributed by atoms with Crippen molar-refractivity contribution in [3.8, 4) is 0 Å². The summed E-state index contributed by atoms with van der Waals surface area (Å²) >= 11 is 8.78. The first-order valence-corrected chi connectivity index (χ1v) is 10.0. The van der Waals surface area contributed by atoms with Crippen molar-refractivity contribution >= 4 is 55.5 Å². The van der Waals surface area contributed by atoms with Gasteiger partial charge in [-0.2, -0.15) is 0 Å². The van der Waals surface area contributed by atoms with Gasteiger partial charge >= 0.3 is 0 Å². The average molecular weight is 403 g/mol. The molecule has 0 aliphatic heterocycles. The Bertz CT molecular complexity index is 1080. The predicted molar refractivity (Wildman–Crippen MR) is 108 cm³/mol. The Hall–Kier alpha value is -2.15. The second kappa shape index (κ2) is 6.87. The zero-order valence-electron chi connectivity index (χ0n) is 14.2. The molecule has 0 aliphatic carbocycles. The van der Waals surface area contributed by atoms with Crippen LogP contribution >= 0.6 is 34.3 Å². The van der Waals surface area contributed by atoms with Crippen molar-refractivity contribution in [2.75, 3.05) is 4.90 Å². The predicted octanol–water partition coefficient (Wildman–Crippen LogP) is 6.07. The monoisotopic (exact) mass is 402 g/mol. The Morgan fingerprint density at radius 2 is 2.04 bits per heavy atom. The van der Waals surface area contributed by atoms with Gasteiger partial charge in [0.2, 0.25) is 0 Å². The zero-order chi connectivity index (χ0) is 18.3. The molecule has 0 radical (unpaired) electrons. The summed E-state index contributed by atoms with van der Waals surface area (Å²) in [6, 6.07) is 11.3. The van der Waals surface area contributed by atoms with Crippen molar-refractivity contribution in [2.24, 2.45) is 0 Å². The van der Waals surface area contributed by atoms with Gasteiger partial charge in [0.1, 0.15) is 5.76 Å². The van der Waals surface area contributed by atoms with Gasteiger partial charge in [-0.05, 0) is 55.3 Å². The average Bonchev–Trinajstić information content (AvgIpc) is 3.36. The van der Waals surface area contributed by atoms with Crippen LogP contribution in [0.3, 0.4) is 0 Å². The van der Waals surface area contributed by atoms with Crippen LogP contribution in [-0.2, 0) is 6.54 Å². The maximum atomic E-state index is 13.1. The highest BCUT2D eigenvalue weighted by Gasteiger charge is 2.24. The highest BCUT2D eigenvalue weighted by atomic mass is 35.5. The van der Waals surface area contributed by atoms with Gasteiger partial charge in [-0.15, -0.1) is 11.3 Å². The molecule has 132 valence electrons. The highest BCUT2D eigenvalue weighted by molar-refractivity contribution is 7.22. The van der Waals surface area contributed by atoms with Crippen molar-refractivity contribution in [2.45, 2.75) is 20.4 Å². The van der Waals surface area contributed by atoms with Crippen molar-refractivity contribution < 1.29 is 9.21 Å². The van der Waals surface area contributed by atoms with E-state index in [1.165, 1.54) is 28.2 Å². The summed E-state index contributed by atoms with van der Waals surface area (Å²) < 4.78 is 7.10. The van der Waals surface area contributed by atoms with Crippen molar-refractivity contribution in [3.05, 3.63) is 68.8 Å². The number of hydrogen-bond donors (Lipinski definition) is 0. The lowest BCUT2D eigenvalue weighted by atomic mass is 10.1. The van der Waals surface area contributed by atoms with Crippen LogP contribution in [0.15, 0.2) is 47.1 Å². The minimum atomic E-state index is -0.133. The molecule has 0 unspecified atom stereocenters. The number of carbonyl (C=O) groups is 1. The van der Waals surface area contributed by atoms with E-state index in [-0.39, 0.29) is 5.91 Å². The number of thiazole rings is 1. The summed E-state index contributed by atoms with van der Waals surface area (Å²) in [6.07, 6.45) is 1.60. The Morgan fingerprint density at radius 1 is 1.19 bits per heavy atom. The molecule has 0 saturated heterocycles. The summed E-state index contributed by atoms with van der Waals surface area (Å²) in [6.45, 7) is 4.44. The minimum Gasteiger partial charge on any atom is -0.467 e. The number of nitrogens with zero attached hydrogens (tertiary/aromatic N) is 2. The largest absolute Gasteiger partial charge is 0.467 e. The number of carbonyl (C=O) groups excluding carboxylic acids is 1. The number of benzene rings is 1. The normalized spacial score (nSPS) is 11.2. The molecule has 0 fully saturated rings. The molecule has 1 amide bonds. The number of amides is 1. The van der Waals surface area contributed by atoms with E-state index in [0.717, 1.165) is 15.8 Å². The number of halogens is 1. The van der Waals surface area contributed by atoms with Crippen molar-refractivity contribution in [3.63, 3.8) is 0 Å². The van der Waals surface area contributed by atoms with E-state index >= 15 is 0 Å². The first-order valence-electron chi connectivity index (χ1n) is 7.99. The molecule has 0 bridgehead atoms. The molecule has 0 atom stereocenters. The number of anilines is 1. The van der Waals surface area contributed by atoms with Gasteiger partial charge in [-0.25, -0.2) is 4.98 Å². The second-order valence-corrected chi connectivity index (χ2v) is 8.65. The van der Waals surface area contributed by atoms with Gasteiger partial charge in [0, 0.05) is 0 Å². The van der Waals surface area contributed by atoms with E-state index in [1.54, 1.807) is 23.3 Å². The van der Waals surface area contributed by atoms with Crippen LogP contribution in [0.4, 0.5) is 5.13 Å². The molecular formula is C19H15ClN2O2S2. The molecule has 4 nitrogen and oxygen atoms in total. The molecule has 3 heterocycles. The van der Waals surface area contributed by atoms with Crippen LogP contribution in [0.25, 0.3) is 10.2 Å². The van der Waals surface area contributed by atoms with Gasteiger partial charge < -0.3 is 4.42 Å². The van der Waals surface area contributed by atoms with Crippen LogP contribution in [0.1, 0.15) is 26.6 Å². The van der Waals surface area contributed by atoms with Gasteiger partial charge in [-0.3, -0.25) is 9.69 Å². The van der Waals surface area contributed by atoms with E-state index in [0.29, 0.717) is 26.7 Å². The van der Waals surface area contributed by atoms with E-state index in [1.807, 2.05) is 12.1 Å². The Balaban J connectivity index is 1.79. The van der Waals surface area contributed by atoms with Crippen LogP contribution in [-0.4, -0.2) is 10.9 Å². The fourth-order valence-corrected chi connectivity index (χ4v) is 4.69. The standard InChI is InChI=1S/C19H15ClN2O2S2/c1-11-5-6-14-17(12(11)2)21-19(26-14)22(10-13-4-3-9-24-13)18(23)15-7-8-16(20)25-15/h3-9H,10H2,1-2H3. The minimum absolute atomic E-state index is 0.133. The molecule has 0 spiro atoms. The molecule has 3 aromatic heterocycles. The lowest BCUT2D eigenvalue weighted by Gasteiger charge is -2.17. The number of furan rings is 1. The summed E-state index contributed by atoms with van der Waals surface area (Å²) in [7, 11) is 0. The van der Waals surface area contributed by atoms with Gasteiger partial charge in [0.05, 0.1) is 32.2 Å². The van der Waals surface area contributed by atoms with Crippen LogP contribution in [0.5, 0.6) is 0 Å². The fraction of sp³-hybridized carbons (Fsp3) is 0.158. The summed E-state index contributed by atoms with van der Waals surface area (Å²) in [5.74, 6) is 0.569. The van der Waals surface area contributed by atoms with Crippen LogP contribution in [0, 0.1) is 13.8 Å². The maximum absolute atomic E-state index is 13.1. The summed E-state index contributed by atoms with van der Waals surface area (Å²) in [4.78, 5) is 20.1. The molecule has 0 aliphatic rings. The molecule has 26 heavy (non-hydrogen) atoms. The van der Waals surface area contributed by atoms with Gasteiger partial charge in [0.15, 0.2) is 5.13 Å². The third kappa shape index (κ3) is 3.16. The summed E-state index contributed by atoms with van der Waals surface area (Å²) in [5, 5.41) is 0.652. The molecule has 4 rings (SSSR count). The summed E-state index contributed by atoms with van der Waals surface area (Å²) in [5.41, 5.74) is 3.25. The fourth-order valence-electron chi connectivity index (χ4n) is 2.68. The molecule has 0 saturated carbocycles. The third-order valence-electron chi connectivity index (χ3n) is 4.23. The highest BCUT2D eigenvalue weighted by Crippen LogP contribution is 2.34. The third-order valence-corrected chi connectivity index (χ3v) is 6.49. The first kappa shape index (κ1) is 17.3. The molecule has 0 N–H and O–H groups in total. The molecule has 4 aromatic rings. The maximum Gasteiger partial charge on any atom is 0.270 e. The molecular weight excluding hydrogens is 388 g/mol. The van der Waals surface area contributed by atoms with E-state index < -0.39 is 0 Å². The zero-order valence-corrected chi connectivity index (χ0v) is 16.5. The van der Waals surface area contributed by atoms with Crippen LogP contribution < -0.4 is 4.90 Å². The lowest BCUT2D eigenvalue weighted by Crippen LogP contribution is -2.29. The number of hydrogen-bond acceptors (Lipinski definition) is 5.